The summed E-state index contributed by atoms with van der Waals surface area (Å²) in [5.74, 6) is -0.133. The van der Waals surface area contributed by atoms with Crippen molar-refractivity contribution < 1.29 is 14.3 Å². The third-order valence-electron chi connectivity index (χ3n) is 4.94. The highest BCUT2D eigenvalue weighted by Gasteiger charge is 2.30. The molecule has 2 N–H and O–H groups in total. The molecule has 2 heterocycles. The van der Waals surface area contributed by atoms with Crippen molar-refractivity contribution in [1.29, 1.82) is 0 Å². The first kappa shape index (κ1) is 18.9. The number of hydrogen-bond acceptors (Lipinski definition) is 5. The molecule has 1 atom stereocenters. The number of rotatable bonds is 4. The number of nitrogens with one attached hydrogen (secondary N) is 2. The number of hydrazine groups is 1. The molecule has 3 rings (SSSR count). The standard InChI is InChI=1S/C18H25ClN4O3/c1-12(24)20-16-10-17(26-2)14(9-15(16)19)18(25)21-23-8-7-22-6-4-3-5-13(22)11-23/h9-10,13H,3-8,11H2,1-2H3,(H,20,24)(H,21,25). The molecule has 0 radical (unpaired) electrons. The summed E-state index contributed by atoms with van der Waals surface area (Å²) in [4.78, 5) is 26.5. The molecule has 1 aromatic carbocycles. The number of fused-ring (bicyclic) bond motifs is 1. The zero-order valence-electron chi connectivity index (χ0n) is 15.2. The van der Waals surface area contributed by atoms with E-state index in [1.54, 1.807) is 6.07 Å². The van der Waals surface area contributed by atoms with Crippen LogP contribution in [0.2, 0.25) is 5.02 Å². The van der Waals surface area contributed by atoms with E-state index in [2.05, 4.69) is 15.6 Å². The number of halogens is 1. The van der Waals surface area contributed by atoms with E-state index < -0.39 is 0 Å². The fraction of sp³-hybridized carbons (Fsp3) is 0.556. The van der Waals surface area contributed by atoms with E-state index >= 15 is 0 Å². The van der Waals surface area contributed by atoms with E-state index in [1.807, 2.05) is 5.01 Å². The fourth-order valence-electron chi connectivity index (χ4n) is 3.65. The minimum absolute atomic E-state index is 0.239. The number of ether oxygens (including phenoxy) is 1. The normalized spacial score (nSPS) is 21.0. The van der Waals surface area contributed by atoms with Crippen LogP contribution in [-0.4, -0.2) is 61.1 Å². The van der Waals surface area contributed by atoms with Crippen molar-refractivity contribution in [2.24, 2.45) is 0 Å². The van der Waals surface area contributed by atoms with Gasteiger partial charge in [-0.05, 0) is 25.5 Å². The number of benzene rings is 1. The number of piperazine rings is 1. The Bertz CT molecular complexity index is 697. The minimum atomic E-state index is -0.262. The molecule has 0 aromatic heterocycles. The first-order valence-electron chi connectivity index (χ1n) is 8.93. The first-order valence-corrected chi connectivity index (χ1v) is 9.31. The van der Waals surface area contributed by atoms with Crippen LogP contribution in [-0.2, 0) is 4.79 Å². The molecule has 0 bridgehead atoms. The molecule has 2 saturated heterocycles. The van der Waals surface area contributed by atoms with E-state index in [4.69, 9.17) is 16.3 Å². The number of anilines is 1. The molecular formula is C18H25ClN4O3. The highest BCUT2D eigenvalue weighted by molar-refractivity contribution is 6.34. The maximum absolute atomic E-state index is 12.7. The second kappa shape index (κ2) is 8.24. The third kappa shape index (κ3) is 4.28. The van der Waals surface area contributed by atoms with Crippen LogP contribution >= 0.6 is 11.6 Å². The number of amides is 2. The smallest absolute Gasteiger partial charge is 0.269 e. The Morgan fingerprint density at radius 2 is 2.04 bits per heavy atom. The van der Waals surface area contributed by atoms with Gasteiger partial charge in [-0.25, -0.2) is 5.01 Å². The number of carbonyl (C=O) groups excluding carboxylic acids is 2. The first-order chi connectivity index (χ1) is 12.5. The number of hydrogen-bond donors (Lipinski definition) is 2. The Kier molecular flexibility index (Phi) is 6.01. The predicted octanol–water partition coefficient (Wildman–Crippen LogP) is 2.12. The Hall–Kier alpha value is -1.83. The molecule has 2 aliphatic heterocycles. The number of nitrogens with zero attached hydrogens (tertiary/aromatic N) is 2. The van der Waals surface area contributed by atoms with Crippen molar-refractivity contribution >= 4 is 29.1 Å². The largest absolute Gasteiger partial charge is 0.496 e. The van der Waals surface area contributed by atoms with Crippen molar-refractivity contribution in [3.63, 3.8) is 0 Å². The van der Waals surface area contributed by atoms with Gasteiger partial charge in [-0.2, -0.15) is 0 Å². The maximum Gasteiger partial charge on any atom is 0.269 e. The molecule has 0 spiro atoms. The van der Waals surface area contributed by atoms with Gasteiger partial charge in [0, 0.05) is 38.7 Å². The second-order valence-corrected chi connectivity index (χ2v) is 7.19. The Morgan fingerprint density at radius 3 is 2.77 bits per heavy atom. The fourth-order valence-corrected chi connectivity index (χ4v) is 3.86. The van der Waals surface area contributed by atoms with Gasteiger partial charge in [0.05, 0.1) is 23.4 Å². The SMILES string of the molecule is COc1cc(NC(C)=O)c(Cl)cc1C(=O)NN1CCN2CCCCC2C1. The van der Waals surface area contributed by atoms with Crippen molar-refractivity contribution in [2.45, 2.75) is 32.2 Å². The monoisotopic (exact) mass is 380 g/mol. The Labute approximate surface area is 158 Å². The van der Waals surface area contributed by atoms with Gasteiger partial charge in [-0.3, -0.25) is 19.9 Å². The van der Waals surface area contributed by atoms with Gasteiger partial charge in [0.15, 0.2) is 0 Å². The van der Waals surface area contributed by atoms with Crippen LogP contribution in [0.1, 0.15) is 36.5 Å². The summed E-state index contributed by atoms with van der Waals surface area (Å²) in [7, 11) is 1.48. The highest BCUT2D eigenvalue weighted by Crippen LogP contribution is 2.31. The molecule has 26 heavy (non-hydrogen) atoms. The van der Waals surface area contributed by atoms with Crippen LogP contribution in [0.5, 0.6) is 5.75 Å². The summed E-state index contributed by atoms with van der Waals surface area (Å²) < 4.78 is 5.32. The van der Waals surface area contributed by atoms with Crippen LogP contribution in [0.25, 0.3) is 0 Å². The minimum Gasteiger partial charge on any atom is -0.496 e. The van der Waals surface area contributed by atoms with Gasteiger partial charge in [0.1, 0.15) is 5.75 Å². The summed E-state index contributed by atoms with van der Waals surface area (Å²) in [6.45, 7) is 5.13. The van der Waals surface area contributed by atoms with Gasteiger partial charge in [0.25, 0.3) is 5.91 Å². The molecule has 142 valence electrons. The lowest BCUT2D eigenvalue weighted by atomic mass is 10.0. The van der Waals surface area contributed by atoms with Gasteiger partial charge >= 0.3 is 0 Å². The third-order valence-corrected chi connectivity index (χ3v) is 5.25. The van der Waals surface area contributed by atoms with E-state index in [0.717, 1.165) is 26.2 Å². The van der Waals surface area contributed by atoms with Gasteiger partial charge in [-0.1, -0.05) is 18.0 Å². The molecule has 8 heteroatoms. The van der Waals surface area contributed by atoms with E-state index in [9.17, 15) is 9.59 Å². The predicted molar refractivity (Wildman–Crippen MR) is 101 cm³/mol. The maximum atomic E-state index is 12.7. The van der Waals surface area contributed by atoms with Crippen LogP contribution in [0.3, 0.4) is 0 Å². The van der Waals surface area contributed by atoms with Crippen LogP contribution in [0.15, 0.2) is 12.1 Å². The zero-order valence-corrected chi connectivity index (χ0v) is 15.9. The Balaban J connectivity index is 1.71. The van der Waals surface area contributed by atoms with Crippen LogP contribution in [0.4, 0.5) is 5.69 Å². The van der Waals surface area contributed by atoms with Crippen molar-refractivity contribution in [2.75, 3.05) is 38.6 Å². The van der Waals surface area contributed by atoms with E-state index in [-0.39, 0.29) is 11.8 Å². The molecule has 2 fully saturated rings. The summed E-state index contributed by atoms with van der Waals surface area (Å²) in [5, 5.41) is 4.90. The van der Waals surface area contributed by atoms with Crippen LogP contribution < -0.4 is 15.5 Å². The molecule has 2 amide bonds. The summed E-state index contributed by atoms with van der Waals surface area (Å²) in [6.07, 6.45) is 3.68. The molecule has 7 nitrogen and oxygen atoms in total. The average molecular weight is 381 g/mol. The molecule has 0 saturated carbocycles. The average Bonchev–Trinajstić information content (AvgIpc) is 2.62. The van der Waals surface area contributed by atoms with Crippen molar-refractivity contribution in [3.05, 3.63) is 22.7 Å². The van der Waals surface area contributed by atoms with Gasteiger partial charge in [0.2, 0.25) is 5.91 Å². The van der Waals surface area contributed by atoms with E-state index in [0.29, 0.717) is 28.1 Å². The van der Waals surface area contributed by atoms with Crippen molar-refractivity contribution in [1.82, 2.24) is 15.3 Å². The topological polar surface area (TPSA) is 73.9 Å². The van der Waals surface area contributed by atoms with E-state index in [1.165, 1.54) is 39.4 Å². The van der Waals surface area contributed by atoms with Gasteiger partial charge < -0.3 is 10.1 Å². The molecule has 1 aromatic rings. The second-order valence-electron chi connectivity index (χ2n) is 6.79. The quantitative estimate of drug-likeness (QED) is 0.837. The van der Waals surface area contributed by atoms with Crippen LogP contribution in [0, 0.1) is 0 Å². The Morgan fingerprint density at radius 1 is 1.23 bits per heavy atom. The molecule has 0 aliphatic carbocycles. The highest BCUT2D eigenvalue weighted by atomic mass is 35.5. The number of methoxy groups -OCH3 is 1. The number of piperidine rings is 1. The lowest BCUT2D eigenvalue weighted by Gasteiger charge is -2.43. The number of carbonyl (C=O) groups is 2. The molecule has 2 aliphatic rings. The summed E-state index contributed by atoms with van der Waals surface area (Å²) in [5.41, 5.74) is 3.74. The summed E-state index contributed by atoms with van der Waals surface area (Å²) in [6, 6.07) is 3.60. The molecular weight excluding hydrogens is 356 g/mol. The lowest BCUT2D eigenvalue weighted by Crippen LogP contribution is -2.59. The molecule has 1 unspecified atom stereocenters. The lowest BCUT2D eigenvalue weighted by molar-refractivity contribution is -0.114. The van der Waals surface area contributed by atoms with Crippen molar-refractivity contribution in [3.8, 4) is 5.75 Å². The summed E-state index contributed by atoms with van der Waals surface area (Å²) >= 11 is 6.21. The zero-order chi connectivity index (χ0) is 18.7. The van der Waals surface area contributed by atoms with Gasteiger partial charge in [-0.15, -0.1) is 0 Å².